The monoisotopic (exact) mass is 317 g/mol. The minimum absolute atomic E-state index is 0.407. The number of methoxy groups -OCH3 is 1. The van der Waals surface area contributed by atoms with Gasteiger partial charge < -0.3 is 10.5 Å². The number of nitrogen functional groups attached to an aromatic ring is 1. The average Bonchev–Trinajstić information content (AvgIpc) is 2.88. The topological polar surface area (TPSA) is 78.1 Å². The molecule has 0 saturated carbocycles. The normalized spacial score (nSPS) is 10.7. The van der Waals surface area contributed by atoms with Crippen molar-refractivity contribution in [2.24, 2.45) is 0 Å². The predicted molar refractivity (Wildman–Crippen MR) is 83.7 cm³/mol. The number of carbonyl (C=O) groups excluding carboxylic acids is 1. The van der Waals surface area contributed by atoms with Gasteiger partial charge in [-0.1, -0.05) is 0 Å². The molecule has 7 heteroatoms. The van der Waals surface area contributed by atoms with Gasteiger partial charge in [-0.25, -0.2) is 14.8 Å². The van der Waals surface area contributed by atoms with E-state index in [1.165, 1.54) is 30.2 Å². The molecule has 1 aromatic carbocycles. The summed E-state index contributed by atoms with van der Waals surface area (Å²) >= 11 is 2.86. The first-order valence-corrected chi connectivity index (χ1v) is 7.68. The van der Waals surface area contributed by atoms with Gasteiger partial charge >= 0.3 is 5.97 Å². The van der Waals surface area contributed by atoms with Gasteiger partial charge in [0.15, 0.2) is 4.34 Å². The van der Waals surface area contributed by atoms with Crippen LogP contribution in [0.25, 0.3) is 10.2 Å². The molecule has 2 heterocycles. The highest BCUT2D eigenvalue weighted by molar-refractivity contribution is 8.01. The third kappa shape index (κ3) is 2.84. The molecule has 0 radical (unpaired) electrons. The standard InChI is InChI=1S/C14H11N3O2S2/c1-19-13(18)9-3-2-6-16-12(9)21-14-17-10-5-4-8(15)7-11(10)20-14/h2-7H,15H2,1H3. The van der Waals surface area contributed by atoms with E-state index in [2.05, 4.69) is 9.97 Å². The number of pyridine rings is 1. The number of carbonyl (C=O) groups is 1. The van der Waals surface area contributed by atoms with E-state index in [1.807, 2.05) is 18.2 Å². The molecule has 0 fully saturated rings. The number of hydrogen-bond donors (Lipinski definition) is 1. The van der Waals surface area contributed by atoms with E-state index in [9.17, 15) is 4.79 Å². The van der Waals surface area contributed by atoms with Crippen molar-refractivity contribution in [2.45, 2.75) is 9.37 Å². The first-order valence-electron chi connectivity index (χ1n) is 6.04. The number of hydrogen-bond acceptors (Lipinski definition) is 7. The van der Waals surface area contributed by atoms with E-state index in [0.717, 1.165) is 14.6 Å². The molecule has 0 spiro atoms. The molecule has 0 unspecified atom stereocenters. The zero-order valence-corrected chi connectivity index (χ0v) is 12.7. The Hall–Kier alpha value is -2.12. The van der Waals surface area contributed by atoms with Crippen LogP contribution in [0.1, 0.15) is 10.4 Å². The SMILES string of the molecule is COC(=O)c1cccnc1Sc1nc2ccc(N)cc2s1. The van der Waals surface area contributed by atoms with Gasteiger partial charge in [0, 0.05) is 11.9 Å². The molecule has 21 heavy (non-hydrogen) atoms. The molecule has 0 aliphatic rings. The molecule has 2 aromatic heterocycles. The zero-order valence-electron chi connectivity index (χ0n) is 11.1. The fraction of sp³-hybridized carbons (Fsp3) is 0.0714. The maximum Gasteiger partial charge on any atom is 0.340 e. The van der Waals surface area contributed by atoms with Crippen molar-refractivity contribution < 1.29 is 9.53 Å². The summed E-state index contributed by atoms with van der Waals surface area (Å²) in [5.74, 6) is -0.407. The second-order valence-electron chi connectivity index (χ2n) is 4.16. The number of fused-ring (bicyclic) bond motifs is 1. The van der Waals surface area contributed by atoms with Gasteiger partial charge in [-0.2, -0.15) is 0 Å². The first-order chi connectivity index (χ1) is 10.2. The number of esters is 1. The van der Waals surface area contributed by atoms with Gasteiger partial charge in [-0.15, -0.1) is 11.3 Å². The molecular formula is C14H11N3O2S2. The number of benzene rings is 1. The summed E-state index contributed by atoms with van der Waals surface area (Å²) in [6.45, 7) is 0. The van der Waals surface area contributed by atoms with E-state index in [0.29, 0.717) is 16.3 Å². The van der Waals surface area contributed by atoms with Crippen molar-refractivity contribution in [3.8, 4) is 0 Å². The number of aromatic nitrogens is 2. The van der Waals surface area contributed by atoms with Crippen molar-refractivity contribution in [1.82, 2.24) is 9.97 Å². The molecule has 5 nitrogen and oxygen atoms in total. The maximum atomic E-state index is 11.7. The van der Waals surface area contributed by atoms with E-state index in [-0.39, 0.29) is 0 Å². The molecule has 106 valence electrons. The van der Waals surface area contributed by atoms with Crippen molar-refractivity contribution >= 4 is 45.0 Å². The number of rotatable bonds is 3. The summed E-state index contributed by atoms with van der Waals surface area (Å²) in [7, 11) is 1.35. The van der Waals surface area contributed by atoms with Crippen LogP contribution in [0, 0.1) is 0 Å². The Morgan fingerprint density at radius 1 is 1.38 bits per heavy atom. The van der Waals surface area contributed by atoms with Crippen LogP contribution in [-0.4, -0.2) is 23.0 Å². The van der Waals surface area contributed by atoms with Crippen LogP contribution in [0.4, 0.5) is 5.69 Å². The Morgan fingerprint density at radius 2 is 2.24 bits per heavy atom. The van der Waals surface area contributed by atoms with E-state index < -0.39 is 5.97 Å². The van der Waals surface area contributed by atoms with E-state index in [4.69, 9.17) is 10.5 Å². The predicted octanol–water partition coefficient (Wildman–Crippen LogP) is 3.21. The van der Waals surface area contributed by atoms with E-state index >= 15 is 0 Å². The number of nitrogens with zero attached hydrogens (tertiary/aromatic N) is 2. The molecule has 3 aromatic rings. The molecule has 0 saturated heterocycles. The Morgan fingerprint density at radius 3 is 3.05 bits per heavy atom. The molecule has 0 aliphatic carbocycles. The van der Waals surface area contributed by atoms with Crippen LogP contribution < -0.4 is 5.73 Å². The molecule has 2 N–H and O–H groups in total. The minimum Gasteiger partial charge on any atom is -0.465 e. The van der Waals surface area contributed by atoms with E-state index in [1.54, 1.807) is 18.3 Å². The van der Waals surface area contributed by atoms with Crippen LogP contribution in [0.15, 0.2) is 45.9 Å². The van der Waals surface area contributed by atoms with Gasteiger partial charge in [0.25, 0.3) is 0 Å². The summed E-state index contributed by atoms with van der Waals surface area (Å²) in [4.78, 5) is 20.5. The highest BCUT2D eigenvalue weighted by Crippen LogP contribution is 2.35. The second-order valence-corrected chi connectivity index (χ2v) is 6.42. The lowest BCUT2D eigenvalue weighted by Crippen LogP contribution is -2.03. The summed E-state index contributed by atoms with van der Waals surface area (Å²) < 4.78 is 6.58. The summed E-state index contributed by atoms with van der Waals surface area (Å²) in [5.41, 5.74) is 7.79. The lowest BCUT2D eigenvalue weighted by Gasteiger charge is -2.03. The third-order valence-corrected chi connectivity index (χ3v) is 4.85. The number of anilines is 1. The Labute approximate surface area is 129 Å². The summed E-state index contributed by atoms with van der Waals surface area (Å²) in [6, 6.07) is 8.97. The largest absolute Gasteiger partial charge is 0.465 e. The quantitative estimate of drug-likeness (QED) is 0.590. The third-order valence-electron chi connectivity index (χ3n) is 2.75. The first kappa shape index (κ1) is 13.8. The van der Waals surface area contributed by atoms with Crippen LogP contribution in [0.3, 0.4) is 0 Å². The Balaban J connectivity index is 1.97. The van der Waals surface area contributed by atoms with Crippen molar-refractivity contribution in [2.75, 3.05) is 12.8 Å². The van der Waals surface area contributed by atoms with Gasteiger partial charge in [0.1, 0.15) is 5.03 Å². The minimum atomic E-state index is -0.407. The van der Waals surface area contributed by atoms with Crippen molar-refractivity contribution in [3.63, 3.8) is 0 Å². The molecule has 0 aliphatic heterocycles. The van der Waals surface area contributed by atoms with Crippen molar-refractivity contribution in [1.29, 1.82) is 0 Å². The number of thiazole rings is 1. The smallest absolute Gasteiger partial charge is 0.340 e. The van der Waals surface area contributed by atoms with Gasteiger partial charge in [-0.3, -0.25) is 0 Å². The summed E-state index contributed by atoms with van der Waals surface area (Å²) in [6.07, 6.45) is 1.64. The molecule has 0 amide bonds. The molecular weight excluding hydrogens is 306 g/mol. The average molecular weight is 317 g/mol. The van der Waals surface area contributed by atoms with Crippen LogP contribution in [-0.2, 0) is 4.74 Å². The molecule has 3 rings (SSSR count). The van der Waals surface area contributed by atoms with Crippen LogP contribution in [0.5, 0.6) is 0 Å². The molecule has 0 atom stereocenters. The van der Waals surface area contributed by atoms with Crippen molar-refractivity contribution in [3.05, 3.63) is 42.1 Å². The maximum absolute atomic E-state index is 11.7. The zero-order chi connectivity index (χ0) is 14.8. The summed E-state index contributed by atoms with van der Waals surface area (Å²) in [5, 5.41) is 0.580. The second kappa shape index (κ2) is 5.71. The highest BCUT2D eigenvalue weighted by Gasteiger charge is 2.15. The van der Waals surface area contributed by atoms with Gasteiger partial charge in [-0.05, 0) is 42.1 Å². The van der Waals surface area contributed by atoms with Gasteiger partial charge in [0.05, 0.1) is 22.9 Å². The van der Waals surface area contributed by atoms with Crippen LogP contribution in [0.2, 0.25) is 0 Å². The Bertz CT molecular complexity index is 817. The lowest BCUT2D eigenvalue weighted by molar-refractivity contribution is 0.0596. The number of nitrogens with two attached hydrogens (primary N) is 1. The fourth-order valence-electron chi connectivity index (χ4n) is 1.78. The van der Waals surface area contributed by atoms with Gasteiger partial charge in [0.2, 0.25) is 0 Å². The Kier molecular flexibility index (Phi) is 3.76. The van der Waals surface area contributed by atoms with Crippen LogP contribution >= 0.6 is 23.1 Å². The highest BCUT2D eigenvalue weighted by atomic mass is 32.2. The lowest BCUT2D eigenvalue weighted by atomic mass is 10.3. The number of ether oxygens (including phenoxy) is 1. The molecule has 0 bridgehead atoms. The fourth-order valence-corrected chi connectivity index (χ4v) is 3.89.